The second-order valence-corrected chi connectivity index (χ2v) is 10.6. The Balaban J connectivity index is 1.09. The molecule has 7 nitrogen and oxygen atoms in total. The number of ether oxygens (including phenoxy) is 1. The van der Waals surface area contributed by atoms with Crippen LogP contribution in [0.25, 0.3) is 21.9 Å². The first kappa shape index (κ1) is 22.2. The standard InChI is InChI=1S/C30H26N4O3/c31-15-19-1-2-25-14-24(8-7-23(25)13-19)21-3-5-22(6-4-21)27-32-30(10-11-30)29(36)34(27)18-20-16-33(17-20)28(35)26-9-12-37-26/h1-8,13-14,20,26H,9-12,16-18H2. The van der Waals surface area contributed by atoms with Crippen LogP contribution in [0.5, 0.6) is 0 Å². The van der Waals surface area contributed by atoms with E-state index in [4.69, 9.17) is 15.0 Å². The van der Waals surface area contributed by atoms with Crippen LogP contribution in [0.4, 0.5) is 0 Å². The van der Waals surface area contributed by atoms with E-state index in [9.17, 15) is 9.59 Å². The number of carbonyl (C=O) groups excluding carboxylic acids is 2. The average Bonchev–Trinajstić information content (AvgIpc) is 3.60. The van der Waals surface area contributed by atoms with Crippen molar-refractivity contribution in [3.8, 4) is 17.2 Å². The van der Waals surface area contributed by atoms with Gasteiger partial charge in [0, 0.05) is 37.5 Å². The Morgan fingerprint density at radius 3 is 2.35 bits per heavy atom. The van der Waals surface area contributed by atoms with Crippen molar-refractivity contribution in [2.45, 2.75) is 30.9 Å². The van der Waals surface area contributed by atoms with Crippen molar-refractivity contribution in [2.24, 2.45) is 10.9 Å². The third kappa shape index (κ3) is 3.71. The van der Waals surface area contributed by atoms with Crippen molar-refractivity contribution in [1.29, 1.82) is 5.26 Å². The zero-order chi connectivity index (χ0) is 25.1. The summed E-state index contributed by atoms with van der Waals surface area (Å²) in [5.74, 6) is 1.19. The number of hydrogen-bond donors (Lipinski definition) is 0. The van der Waals surface area contributed by atoms with Crippen molar-refractivity contribution in [3.05, 3.63) is 71.8 Å². The van der Waals surface area contributed by atoms with Gasteiger partial charge in [0.1, 0.15) is 17.5 Å². The van der Waals surface area contributed by atoms with Gasteiger partial charge in [-0.15, -0.1) is 0 Å². The molecule has 4 aliphatic rings. The maximum Gasteiger partial charge on any atom is 0.256 e. The third-order valence-corrected chi connectivity index (χ3v) is 8.07. The van der Waals surface area contributed by atoms with Crippen LogP contribution in [0.3, 0.4) is 0 Å². The number of amidine groups is 1. The highest BCUT2D eigenvalue weighted by Gasteiger charge is 2.57. The van der Waals surface area contributed by atoms with Crippen molar-refractivity contribution >= 4 is 28.4 Å². The number of amides is 2. The first-order valence-electron chi connectivity index (χ1n) is 12.9. The lowest BCUT2D eigenvalue weighted by atomic mass is 9.96. The molecule has 2 saturated heterocycles. The van der Waals surface area contributed by atoms with E-state index in [1.807, 2.05) is 46.2 Å². The number of rotatable bonds is 5. The van der Waals surface area contributed by atoms with Gasteiger partial charge < -0.3 is 9.64 Å². The molecule has 0 bridgehead atoms. The second kappa shape index (κ2) is 8.25. The van der Waals surface area contributed by atoms with Gasteiger partial charge in [0.2, 0.25) is 0 Å². The Kier molecular flexibility index (Phi) is 4.95. The lowest BCUT2D eigenvalue weighted by Gasteiger charge is -2.43. The van der Waals surface area contributed by atoms with Gasteiger partial charge in [0.25, 0.3) is 11.8 Å². The van der Waals surface area contributed by atoms with E-state index < -0.39 is 5.54 Å². The van der Waals surface area contributed by atoms with Crippen LogP contribution >= 0.6 is 0 Å². The fourth-order valence-corrected chi connectivity index (χ4v) is 5.56. The Bertz CT molecular complexity index is 1510. The van der Waals surface area contributed by atoms with Crippen molar-refractivity contribution in [3.63, 3.8) is 0 Å². The number of nitrogens with zero attached hydrogens (tertiary/aromatic N) is 4. The number of carbonyl (C=O) groups is 2. The van der Waals surface area contributed by atoms with Crippen molar-refractivity contribution in [2.75, 3.05) is 26.2 Å². The summed E-state index contributed by atoms with van der Waals surface area (Å²) in [5, 5.41) is 11.3. The molecular weight excluding hydrogens is 464 g/mol. The molecule has 3 aromatic rings. The molecule has 37 heavy (non-hydrogen) atoms. The number of nitriles is 1. The molecule has 7 rings (SSSR count). The summed E-state index contributed by atoms with van der Waals surface area (Å²) in [6.45, 7) is 2.59. The molecule has 0 N–H and O–H groups in total. The summed E-state index contributed by atoms with van der Waals surface area (Å²) >= 11 is 0. The molecule has 1 spiro atoms. The van der Waals surface area contributed by atoms with Gasteiger partial charge in [-0.05, 0) is 52.9 Å². The normalized spacial score (nSPS) is 22.0. The predicted molar refractivity (Wildman–Crippen MR) is 139 cm³/mol. The highest BCUT2D eigenvalue weighted by molar-refractivity contribution is 6.16. The molecule has 3 heterocycles. The number of likely N-dealkylation sites (tertiary alicyclic amines) is 1. The minimum absolute atomic E-state index is 0.0811. The largest absolute Gasteiger partial charge is 0.368 e. The smallest absolute Gasteiger partial charge is 0.256 e. The van der Waals surface area contributed by atoms with E-state index in [0.717, 1.165) is 52.6 Å². The van der Waals surface area contributed by atoms with Crippen LogP contribution in [0.2, 0.25) is 0 Å². The quantitative estimate of drug-likeness (QED) is 0.545. The molecule has 3 aromatic carbocycles. The molecule has 1 aliphatic carbocycles. The third-order valence-electron chi connectivity index (χ3n) is 8.07. The molecule has 1 atom stereocenters. The van der Waals surface area contributed by atoms with E-state index in [1.54, 1.807) is 0 Å². The molecule has 2 amide bonds. The number of fused-ring (bicyclic) bond motifs is 1. The van der Waals surface area contributed by atoms with Crippen LogP contribution in [0.15, 0.2) is 65.7 Å². The predicted octanol–water partition coefficient (Wildman–Crippen LogP) is 3.75. The van der Waals surface area contributed by atoms with Crippen LogP contribution in [-0.4, -0.2) is 65.3 Å². The average molecular weight is 491 g/mol. The van der Waals surface area contributed by atoms with E-state index >= 15 is 0 Å². The van der Waals surface area contributed by atoms with Gasteiger partial charge in [0.05, 0.1) is 18.2 Å². The SMILES string of the molecule is N#Cc1ccc2cc(-c3ccc(C4=NC5(CC5)C(=O)N4CC4CN(C(=O)C5CCO5)C4)cc3)ccc2c1. The van der Waals surface area contributed by atoms with E-state index in [0.29, 0.717) is 31.8 Å². The van der Waals surface area contributed by atoms with Gasteiger partial charge in [-0.3, -0.25) is 19.5 Å². The van der Waals surface area contributed by atoms with Gasteiger partial charge in [0.15, 0.2) is 0 Å². The Hall–Kier alpha value is -4.02. The van der Waals surface area contributed by atoms with Gasteiger partial charge in [-0.2, -0.15) is 5.26 Å². The van der Waals surface area contributed by atoms with Gasteiger partial charge >= 0.3 is 0 Å². The van der Waals surface area contributed by atoms with Crippen LogP contribution in [0, 0.1) is 17.2 Å². The number of hydrogen-bond acceptors (Lipinski definition) is 5. The summed E-state index contributed by atoms with van der Waals surface area (Å²) in [5.41, 5.74) is 3.21. The molecule has 1 saturated carbocycles. The Labute approximate surface area is 215 Å². The zero-order valence-corrected chi connectivity index (χ0v) is 20.4. The first-order valence-corrected chi connectivity index (χ1v) is 12.9. The minimum atomic E-state index is -0.562. The number of aliphatic imine (C=N–C) groups is 1. The molecular formula is C30H26N4O3. The number of benzene rings is 3. The van der Waals surface area contributed by atoms with Gasteiger partial charge in [-0.1, -0.05) is 42.5 Å². The molecule has 7 heteroatoms. The fourth-order valence-electron chi connectivity index (χ4n) is 5.56. The zero-order valence-electron chi connectivity index (χ0n) is 20.4. The molecule has 0 radical (unpaired) electrons. The second-order valence-electron chi connectivity index (χ2n) is 10.6. The maximum atomic E-state index is 13.3. The summed E-state index contributed by atoms with van der Waals surface area (Å²) in [4.78, 5) is 34.3. The maximum absolute atomic E-state index is 13.3. The summed E-state index contributed by atoms with van der Waals surface area (Å²) in [7, 11) is 0. The molecule has 184 valence electrons. The van der Waals surface area contributed by atoms with Crippen molar-refractivity contribution < 1.29 is 14.3 Å². The molecule has 0 aromatic heterocycles. The van der Waals surface area contributed by atoms with E-state index in [2.05, 4.69) is 30.3 Å². The van der Waals surface area contributed by atoms with E-state index in [1.165, 1.54) is 0 Å². The lowest BCUT2D eigenvalue weighted by molar-refractivity contribution is -0.162. The summed E-state index contributed by atoms with van der Waals surface area (Å²) in [6.07, 6.45) is 2.16. The van der Waals surface area contributed by atoms with Gasteiger partial charge in [-0.25, -0.2) is 0 Å². The highest BCUT2D eigenvalue weighted by atomic mass is 16.5. The summed E-state index contributed by atoms with van der Waals surface area (Å²) in [6, 6.07) is 22.4. The van der Waals surface area contributed by atoms with Crippen LogP contribution in [0.1, 0.15) is 30.4 Å². The fraction of sp³-hybridized carbons (Fsp3) is 0.333. The van der Waals surface area contributed by atoms with Crippen LogP contribution in [-0.2, 0) is 14.3 Å². The minimum Gasteiger partial charge on any atom is -0.368 e. The molecule has 1 unspecified atom stereocenters. The Morgan fingerprint density at radius 2 is 1.68 bits per heavy atom. The molecule has 3 aliphatic heterocycles. The van der Waals surface area contributed by atoms with Crippen molar-refractivity contribution in [1.82, 2.24) is 9.80 Å². The lowest BCUT2D eigenvalue weighted by Crippen LogP contribution is -2.58. The topological polar surface area (TPSA) is 86.0 Å². The van der Waals surface area contributed by atoms with E-state index in [-0.39, 0.29) is 23.8 Å². The van der Waals surface area contributed by atoms with Crippen LogP contribution < -0.4 is 0 Å². The Morgan fingerprint density at radius 1 is 1.00 bits per heavy atom. The summed E-state index contributed by atoms with van der Waals surface area (Å²) < 4.78 is 5.33. The first-order chi connectivity index (χ1) is 18.0. The molecule has 3 fully saturated rings. The highest BCUT2D eigenvalue weighted by Crippen LogP contribution is 2.46. The monoisotopic (exact) mass is 490 g/mol.